The minimum Gasteiger partial charge on any atom is -0.480 e. The van der Waals surface area contributed by atoms with Crippen LogP contribution in [-0.2, 0) is 16.1 Å². The first-order chi connectivity index (χ1) is 12.6. The fraction of sp³-hybridized carbons (Fsp3) is 0.526. The third kappa shape index (κ3) is 8.54. The molecule has 0 heterocycles. The van der Waals surface area contributed by atoms with Gasteiger partial charge in [0.2, 0.25) is 0 Å². The van der Waals surface area contributed by atoms with E-state index >= 15 is 0 Å². The second-order valence-corrected chi connectivity index (χ2v) is 7.22. The molecule has 1 aromatic carbocycles. The molecule has 0 aliphatic heterocycles. The monoisotopic (exact) mass is 380 g/mol. The number of carboxylic acid groups (broad SMARTS) is 2. The molecular weight excluding hydrogens is 352 g/mol. The van der Waals surface area contributed by atoms with Gasteiger partial charge in [-0.1, -0.05) is 30.3 Å². The van der Waals surface area contributed by atoms with Crippen LogP contribution in [0.1, 0.15) is 45.6 Å². The van der Waals surface area contributed by atoms with Crippen molar-refractivity contribution in [3.63, 3.8) is 0 Å². The van der Waals surface area contributed by atoms with E-state index in [9.17, 15) is 24.6 Å². The van der Waals surface area contributed by atoms with E-state index in [2.05, 4.69) is 5.32 Å². The molecule has 3 N–H and O–H groups in total. The first-order valence-corrected chi connectivity index (χ1v) is 8.82. The van der Waals surface area contributed by atoms with Gasteiger partial charge >= 0.3 is 18.2 Å². The van der Waals surface area contributed by atoms with Gasteiger partial charge in [-0.2, -0.15) is 4.90 Å². The van der Waals surface area contributed by atoms with E-state index in [1.807, 2.05) is 20.8 Å². The van der Waals surface area contributed by atoms with Crippen molar-refractivity contribution in [1.29, 1.82) is 0 Å². The van der Waals surface area contributed by atoms with Crippen LogP contribution in [0.15, 0.2) is 30.3 Å². The molecule has 8 heteroatoms. The minimum atomic E-state index is -1.65. The van der Waals surface area contributed by atoms with Gasteiger partial charge in [0.15, 0.2) is 0 Å². The Hall–Kier alpha value is -2.61. The number of ether oxygens (including phenoxy) is 1. The standard InChI is InChI=1S/C19H28N2O6/c1-19(2,3)20-12-8-7-11-15(16(22)23)21(17(24)25)18(26)27-13-14-9-5-4-6-10-14/h4-6,9-10,15,20H,7-8,11-13H2,1-3H3,(H,22,23)(H,24,25)/t15-/m1/s1. The third-order valence-corrected chi connectivity index (χ3v) is 3.76. The number of carboxylic acids is 1. The Bertz CT molecular complexity index is 627. The van der Waals surface area contributed by atoms with Gasteiger partial charge in [0, 0.05) is 5.54 Å². The van der Waals surface area contributed by atoms with Crippen molar-refractivity contribution in [3.05, 3.63) is 35.9 Å². The molecule has 27 heavy (non-hydrogen) atoms. The summed E-state index contributed by atoms with van der Waals surface area (Å²) < 4.78 is 4.99. The molecule has 0 bridgehead atoms. The average molecular weight is 380 g/mol. The minimum absolute atomic E-state index is 0.0217. The first kappa shape index (κ1) is 22.4. The Morgan fingerprint density at radius 1 is 1.11 bits per heavy atom. The van der Waals surface area contributed by atoms with E-state index in [1.165, 1.54) is 0 Å². The number of hydrogen-bond donors (Lipinski definition) is 3. The van der Waals surface area contributed by atoms with Gasteiger partial charge in [-0.25, -0.2) is 14.4 Å². The Morgan fingerprint density at radius 3 is 2.26 bits per heavy atom. The van der Waals surface area contributed by atoms with Crippen molar-refractivity contribution in [1.82, 2.24) is 10.2 Å². The summed E-state index contributed by atoms with van der Waals surface area (Å²) in [5.74, 6) is -1.38. The molecule has 0 aromatic heterocycles. The zero-order valence-corrected chi connectivity index (χ0v) is 16.0. The normalized spacial score (nSPS) is 12.3. The van der Waals surface area contributed by atoms with E-state index in [0.29, 0.717) is 24.9 Å². The lowest BCUT2D eigenvalue weighted by Gasteiger charge is -2.24. The molecule has 150 valence electrons. The molecule has 0 unspecified atom stereocenters. The predicted molar refractivity (Wildman–Crippen MR) is 99.5 cm³/mol. The molecule has 0 fully saturated rings. The molecule has 0 radical (unpaired) electrons. The maximum absolute atomic E-state index is 12.2. The highest BCUT2D eigenvalue weighted by Crippen LogP contribution is 2.13. The summed E-state index contributed by atoms with van der Waals surface area (Å²) in [6.07, 6.45) is -1.70. The topological polar surface area (TPSA) is 116 Å². The molecule has 0 saturated heterocycles. The lowest BCUT2D eigenvalue weighted by molar-refractivity contribution is -0.142. The molecule has 1 aromatic rings. The van der Waals surface area contributed by atoms with Crippen LogP contribution in [0.4, 0.5) is 9.59 Å². The second-order valence-electron chi connectivity index (χ2n) is 7.22. The Morgan fingerprint density at radius 2 is 1.74 bits per heavy atom. The number of nitrogens with one attached hydrogen (secondary N) is 1. The summed E-state index contributed by atoms with van der Waals surface area (Å²) >= 11 is 0. The number of imide groups is 1. The van der Waals surface area contributed by atoms with Crippen LogP contribution < -0.4 is 5.32 Å². The lowest BCUT2D eigenvalue weighted by atomic mass is 10.1. The van der Waals surface area contributed by atoms with Crippen molar-refractivity contribution in [2.45, 2.75) is 58.2 Å². The number of carbonyl (C=O) groups is 3. The molecule has 8 nitrogen and oxygen atoms in total. The maximum Gasteiger partial charge on any atom is 0.420 e. The van der Waals surface area contributed by atoms with Crippen LogP contribution in [0.2, 0.25) is 0 Å². The second kappa shape index (κ2) is 10.5. The molecule has 0 aliphatic carbocycles. The molecule has 0 saturated carbocycles. The molecule has 0 aliphatic rings. The van der Waals surface area contributed by atoms with Gasteiger partial charge in [-0.3, -0.25) is 0 Å². The fourth-order valence-corrected chi connectivity index (χ4v) is 2.42. The summed E-state index contributed by atoms with van der Waals surface area (Å²) in [4.78, 5) is 35.4. The first-order valence-electron chi connectivity index (χ1n) is 8.82. The summed E-state index contributed by atoms with van der Waals surface area (Å²) in [6.45, 7) is 6.58. The molecule has 0 spiro atoms. The number of aliphatic carboxylic acids is 1. The van der Waals surface area contributed by atoms with E-state index in [0.717, 1.165) is 0 Å². The lowest BCUT2D eigenvalue weighted by Crippen LogP contribution is -2.48. The van der Waals surface area contributed by atoms with Gasteiger partial charge in [0.25, 0.3) is 0 Å². The van der Waals surface area contributed by atoms with E-state index < -0.39 is 24.2 Å². The number of rotatable bonds is 9. The molecule has 1 atom stereocenters. The number of nitrogens with zero attached hydrogens (tertiary/aromatic N) is 1. The summed E-state index contributed by atoms with van der Waals surface area (Å²) in [5, 5.41) is 22.0. The number of hydrogen-bond acceptors (Lipinski definition) is 5. The average Bonchev–Trinajstić information content (AvgIpc) is 2.57. The van der Waals surface area contributed by atoms with Crippen molar-refractivity contribution >= 4 is 18.2 Å². The van der Waals surface area contributed by atoms with E-state index in [4.69, 9.17) is 4.74 Å². The highest BCUT2D eigenvalue weighted by molar-refractivity contribution is 5.92. The highest BCUT2D eigenvalue weighted by atomic mass is 16.6. The van der Waals surface area contributed by atoms with E-state index in [-0.39, 0.29) is 23.5 Å². The Labute approximate surface area is 159 Å². The number of carbonyl (C=O) groups excluding carboxylic acids is 1. The smallest absolute Gasteiger partial charge is 0.420 e. The molecule has 1 rings (SSSR count). The van der Waals surface area contributed by atoms with Crippen LogP contribution in [0, 0.1) is 0 Å². The molecule has 2 amide bonds. The van der Waals surface area contributed by atoms with E-state index in [1.54, 1.807) is 30.3 Å². The summed E-state index contributed by atoms with van der Waals surface area (Å²) in [6, 6.07) is 7.25. The van der Waals surface area contributed by atoms with Gasteiger partial charge in [0.05, 0.1) is 0 Å². The molecular formula is C19H28N2O6. The Balaban J connectivity index is 2.64. The van der Waals surface area contributed by atoms with Gasteiger partial charge in [-0.15, -0.1) is 0 Å². The van der Waals surface area contributed by atoms with Crippen molar-refractivity contribution in [2.24, 2.45) is 0 Å². The van der Waals surface area contributed by atoms with Crippen LogP contribution in [-0.4, -0.2) is 51.4 Å². The van der Waals surface area contributed by atoms with Crippen LogP contribution in [0.3, 0.4) is 0 Å². The van der Waals surface area contributed by atoms with Gasteiger partial charge in [-0.05, 0) is 52.1 Å². The highest BCUT2D eigenvalue weighted by Gasteiger charge is 2.35. The third-order valence-electron chi connectivity index (χ3n) is 3.76. The van der Waals surface area contributed by atoms with Crippen LogP contribution >= 0.6 is 0 Å². The Kier molecular flexibility index (Phi) is 8.74. The van der Waals surface area contributed by atoms with Gasteiger partial charge in [0.1, 0.15) is 12.6 Å². The largest absolute Gasteiger partial charge is 0.480 e. The fourth-order valence-electron chi connectivity index (χ4n) is 2.42. The zero-order chi connectivity index (χ0) is 20.4. The van der Waals surface area contributed by atoms with Crippen LogP contribution in [0.25, 0.3) is 0 Å². The SMILES string of the molecule is CC(C)(C)NCCCC[C@H](C(=O)O)N(C(=O)O)C(=O)OCc1ccccc1. The summed E-state index contributed by atoms with van der Waals surface area (Å²) in [7, 11) is 0. The van der Waals surface area contributed by atoms with Gasteiger partial charge < -0.3 is 20.3 Å². The predicted octanol–water partition coefficient (Wildman–Crippen LogP) is 3.31. The number of unbranched alkanes of at least 4 members (excludes halogenated alkanes) is 1. The summed E-state index contributed by atoms with van der Waals surface area (Å²) in [5.41, 5.74) is 0.622. The maximum atomic E-state index is 12.2. The number of amides is 2. The zero-order valence-electron chi connectivity index (χ0n) is 16.0. The van der Waals surface area contributed by atoms with Crippen molar-refractivity contribution < 1.29 is 29.3 Å². The number of benzene rings is 1. The quantitative estimate of drug-likeness (QED) is 0.563. The van der Waals surface area contributed by atoms with Crippen molar-refractivity contribution in [2.75, 3.05) is 6.54 Å². The van der Waals surface area contributed by atoms with Crippen LogP contribution in [0.5, 0.6) is 0 Å². The van der Waals surface area contributed by atoms with Crippen molar-refractivity contribution in [3.8, 4) is 0 Å².